The zero-order valence-corrected chi connectivity index (χ0v) is 22.8. The number of likely N-dealkylation sites (tertiary alicyclic amines) is 1. The number of aromatic nitrogens is 3. The molecule has 0 spiro atoms. The number of ether oxygens (including phenoxy) is 1. The molecule has 2 aromatic carbocycles. The normalized spacial score (nSPS) is 19.3. The number of anilines is 2. The second kappa shape index (κ2) is 10.9. The summed E-state index contributed by atoms with van der Waals surface area (Å²) >= 11 is 0. The van der Waals surface area contributed by atoms with Crippen LogP contribution in [0.2, 0.25) is 0 Å². The van der Waals surface area contributed by atoms with Crippen LogP contribution in [-0.4, -0.2) is 52.9 Å². The van der Waals surface area contributed by atoms with Crippen molar-refractivity contribution < 1.29 is 22.7 Å². The summed E-state index contributed by atoms with van der Waals surface area (Å²) in [6.07, 6.45) is -2.10. The molecule has 0 bridgehead atoms. The number of allylic oxidation sites excluding steroid dienone is 1. The molecule has 0 amide bonds. The van der Waals surface area contributed by atoms with Crippen molar-refractivity contribution in [2.24, 2.45) is 5.92 Å². The minimum atomic E-state index is -4.60. The molecule has 2 aliphatic heterocycles. The number of benzene rings is 2. The predicted molar refractivity (Wildman–Crippen MR) is 144 cm³/mol. The highest BCUT2D eigenvalue weighted by Crippen LogP contribution is 2.44. The van der Waals surface area contributed by atoms with Crippen molar-refractivity contribution >= 4 is 17.6 Å². The third-order valence-electron chi connectivity index (χ3n) is 7.86. The molecule has 1 N–H and O–H groups in total. The summed E-state index contributed by atoms with van der Waals surface area (Å²) < 4.78 is 47.1. The smallest absolute Gasteiger partial charge is 0.416 e. The van der Waals surface area contributed by atoms with E-state index in [4.69, 9.17) is 4.74 Å². The monoisotopic (exact) mass is 566 g/mol. The fraction of sp³-hybridized carbons (Fsp3) is 0.379. The maximum Gasteiger partial charge on any atom is 0.416 e. The van der Waals surface area contributed by atoms with Crippen molar-refractivity contribution in [1.29, 1.82) is 5.26 Å². The molecule has 1 aromatic heterocycles. The SMILES string of the molecule is COC(=O)C1=C(C)N(c2cccc(C(F)(F)F)c2)c2n[nH]c(=O)n2[C@@H]1c1ccc(C#N)cc1CCC1CCN(C)C1. The number of halogens is 3. The maximum atomic E-state index is 13.6. The Morgan fingerprint density at radius 2 is 2.02 bits per heavy atom. The lowest BCUT2D eigenvalue weighted by Crippen LogP contribution is -2.38. The lowest BCUT2D eigenvalue weighted by Gasteiger charge is -2.36. The first-order chi connectivity index (χ1) is 19.5. The number of hydrogen-bond donors (Lipinski definition) is 1. The van der Waals surface area contributed by atoms with Gasteiger partial charge in [-0.25, -0.2) is 19.3 Å². The van der Waals surface area contributed by atoms with Crippen LogP contribution in [0.5, 0.6) is 0 Å². The number of methoxy groups -OCH3 is 1. The van der Waals surface area contributed by atoms with Crippen molar-refractivity contribution in [2.75, 3.05) is 32.1 Å². The minimum Gasteiger partial charge on any atom is -0.466 e. The average molecular weight is 567 g/mol. The number of nitriles is 1. The van der Waals surface area contributed by atoms with E-state index in [9.17, 15) is 28.0 Å². The van der Waals surface area contributed by atoms with Crippen LogP contribution in [0.25, 0.3) is 0 Å². The third kappa shape index (κ3) is 5.25. The van der Waals surface area contributed by atoms with E-state index >= 15 is 0 Å². The summed E-state index contributed by atoms with van der Waals surface area (Å²) in [5.41, 5.74) is 0.724. The molecule has 3 heterocycles. The molecule has 3 aromatic rings. The molecular weight excluding hydrogens is 537 g/mol. The molecule has 0 saturated carbocycles. The number of esters is 1. The van der Waals surface area contributed by atoms with Gasteiger partial charge in [0.25, 0.3) is 0 Å². The zero-order chi connectivity index (χ0) is 29.5. The Kier molecular flexibility index (Phi) is 7.48. The molecule has 12 heteroatoms. The quantitative estimate of drug-likeness (QED) is 0.437. The topological polar surface area (TPSA) is 107 Å². The minimum absolute atomic E-state index is 0.0252. The van der Waals surface area contributed by atoms with Gasteiger partial charge in [0.1, 0.15) is 6.04 Å². The van der Waals surface area contributed by atoms with E-state index in [1.165, 1.54) is 28.7 Å². The summed E-state index contributed by atoms with van der Waals surface area (Å²) in [6, 6.07) is 10.9. The van der Waals surface area contributed by atoms with Gasteiger partial charge in [0, 0.05) is 17.9 Å². The highest BCUT2D eigenvalue weighted by Gasteiger charge is 2.41. The van der Waals surface area contributed by atoms with E-state index < -0.39 is 29.4 Å². The molecule has 0 radical (unpaired) electrons. The Balaban J connectivity index is 1.68. The van der Waals surface area contributed by atoms with Crippen LogP contribution in [0.1, 0.15) is 48.1 Å². The Labute approximate surface area is 234 Å². The molecule has 1 saturated heterocycles. The highest BCUT2D eigenvalue weighted by atomic mass is 19.4. The summed E-state index contributed by atoms with van der Waals surface area (Å²) in [4.78, 5) is 30.2. The number of H-pyrrole nitrogens is 1. The number of rotatable bonds is 6. The molecule has 2 aliphatic rings. The molecule has 1 fully saturated rings. The molecule has 41 heavy (non-hydrogen) atoms. The predicted octanol–water partition coefficient (Wildman–Crippen LogP) is 4.53. The van der Waals surface area contributed by atoms with E-state index in [1.807, 2.05) is 0 Å². The first kappa shape index (κ1) is 28.2. The number of nitrogens with one attached hydrogen (secondary N) is 1. The maximum absolute atomic E-state index is 13.6. The fourth-order valence-corrected chi connectivity index (χ4v) is 5.86. The number of carbonyl (C=O) groups is 1. The lowest BCUT2D eigenvalue weighted by molar-refractivity contribution is -0.138. The van der Waals surface area contributed by atoms with E-state index in [-0.39, 0.29) is 22.9 Å². The largest absolute Gasteiger partial charge is 0.466 e. The van der Waals surface area contributed by atoms with E-state index in [1.54, 1.807) is 25.1 Å². The van der Waals surface area contributed by atoms with Crippen LogP contribution >= 0.6 is 0 Å². The van der Waals surface area contributed by atoms with Crippen molar-refractivity contribution in [3.05, 3.63) is 86.5 Å². The summed E-state index contributed by atoms with van der Waals surface area (Å²) in [7, 11) is 3.28. The number of alkyl halides is 3. The summed E-state index contributed by atoms with van der Waals surface area (Å²) in [5, 5.41) is 16.2. The van der Waals surface area contributed by atoms with Gasteiger partial charge in [-0.05, 0) is 87.2 Å². The number of fused-ring (bicyclic) bond motifs is 1. The molecule has 214 valence electrons. The molecule has 0 aliphatic carbocycles. The number of carbonyl (C=O) groups excluding carboxylic acids is 1. The molecule has 1 unspecified atom stereocenters. The Hall–Kier alpha value is -4.37. The van der Waals surface area contributed by atoms with E-state index in [0.717, 1.165) is 43.6 Å². The molecule has 9 nitrogen and oxygen atoms in total. The first-order valence-corrected chi connectivity index (χ1v) is 13.2. The van der Waals surface area contributed by atoms with Gasteiger partial charge in [-0.2, -0.15) is 18.4 Å². The first-order valence-electron chi connectivity index (χ1n) is 13.2. The molecule has 5 rings (SSSR count). The van der Waals surface area contributed by atoms with Gasteiger partial charge >= 0.3 is 17.8 Å². The highest BCUT2D eigenvalue weighted by molar-refractivity contribution is 5.93. The third-order valence-corrected chi connectivity index (χ3v) is 7.86. The van der Waals surface area contributed by atoms with Crippen LogP contribution in [0.15, 0.2) is 58.5 Å². The van der Waals surface area contributed by atoms with Gasteiger partial charge in [-0.1, -0.05) is 12.1 Å². The van der Waals surface area contributed by atoms with Gasteiger partial charge in [0.2, 0.25) is 5.95 Å². The van der Waals surface area contributed by atoms with Crippen molar-refractivity contribution in [3.8, 4) is 6.07 Å². The summed E-state index contributed by atoms with van der Waals surface area (Å²) in [6.45, 7) is 3.55. The van der Waals surface area contributed by atoms with Gasteiger partial charge in [0.15, 0.2) is 0 Å². The molecule has 2 atom stereocenters. The van der Waals surface area contributed by atoms with Gasteiger partial charge in [-0.15, -0.1) is 5.10 Å². The number of aromatic amines is 1. The van der Waals surface area contributed by atoms with Gasteiger partial charge in [-0.3, -0.25) is 4.90 Å². The van der Waals surface area contributed by atoms with Crippen molar-refractivity contribution in [3.63, 3.8) is 0 Å². The number of nitrogens with zero attached hydrogens (tertiary/aromatic N) is 5. The van der Waals surface area contributed by atoms with Gasteiger partial charge < -0.3 is 9.64 Å². The number of hydrogen-bond acceptors (Lipinski definition) is 7. The zero-order valence-electron chi connectivity index (χ0n) is 22.8. The lowest BCUT2D eigenvalue weighted by atomic mass is 9.87. The van der Waals surface area contributed by atoms with Crippen molar-refractivity contribution in [2.45, 2.75) is 38.4 Å². The number of aryl methyl sites for hydroxylation is 1. The summed E-state index contributed by atoms with van der Waals surface area (Å²) in [5.74, 6) is -0.251. The van der Waals surface area contributed by atoms with Crippen LogP contribution in [-0.2, 0) is 22.1 Å². The van der Waals surface area contributed by atoms with Crippen molar-refractivity contribution in [1.82, 2.24) is 19.7 Å². The second-order valence-electron chi connectivity index (χ2n) is 10.5. The Morgan fingerprint density at radius 1 is 1.24 bits per heavy atom. The van der Waals surface area contributed by atoms with Crippen LogP contribution < -0.4 is 10.6 Å². The van der Waals surface area contributed by atoms with Gasteiger partial charge in [0.05, 0.1) is 29.9 Å². The van der Waals surface area contributed by atoms with E-state index in [2.05, 4.69) is 28.2 Å². The second-order valence-corrected chi connectivity index (χ2v) is 10.5. The van der Waals surface area contributed by atoms with E-state index in [0.29, 0.717) is 23.5 Å². The Bertz CT molecular complexity index is 1620. The average Bonchev–Trinajstić information content (AvgIpc) is 3.55. The van der Waals surface area contributed by atoms with Crippen LogP contribution in [0.3, 0.4) is 0 Å². The van der Waals surface area contributed by atoms with Crippen LogP contribution in [0, 0.1) is 17.2 Å². The molecular formula is C29H29F3N6O3. The van der Waals surface area contributed by atoms with Crippen LogP contribution in [0.4, 0.5) is 24.8 Å². The standard InChI is InChI=1S/C29H29F3N6O3/c1-17-24(26(39)41-3)25(23-10-8-19(15-33)13-20(23)9-7-18-11-12-36(2)16-18)38-27(34-35-28(38)40)37(17)22-6-4-5-21(14-22)29(30,31)32/h4-6,8,10,13-14,18,25H,7,9,11-12,16H2,1-3H3,(H,35,40)/t18?,25-/m1/s1. The Morgan fingerprint density at radius 3 is 2.68 bits per heavy atom. The fourth-order valence-electron chi connectivity index (χ4n) is 5.86.